The van der Waals surface area contributed by atoms with Crippen LogP contribution in [-0.4, -0.2) is 15.5 Å². The molecule has 3 aromatic rings. The van der Waals surface area contributed by atoms with Crippen LogP contribution in [0.1, 0.15) is 37.3 Å². The summed E-state index contributed by atoms with van der Waals surface area (Å²) in [7, 11) is 0. The average Bonchev–Trinajstić information content (AvgIpc) is 2.62. The molecule has 0 atom stereocenters. The van der Waals surface area contributed by atoms with Crippen LogP contribution in [0.4, 0.5) is 5.69 Å². The zero-order valence-electron chi connectivity index (χ0n) is 15.3. The van der Waals surface area contributed by atoms with Crippen molar-refractivity contribution in [2.45, 2.75) is 39.7 Å². The lowest BCUT2D eigenvalue weighted by atomic mass is 10.0. The van der Waals surface area contributed by atoms with Crippen LogP contribution in [0.5, 0.6) is 0 Å². The van der Waals surface area contributed by atoms with Gasteiger partial charge in [-0.15, -0.1) is 0 Å². The Morgan fingerprint density at radius 3 is 2.58 bits per heavy atom. The molecule has 1 amide bonds. The number of hydrogen-bond donors (Lipinski definition) is 1. The van der Waals surface area contributed by atoms with E-state index < -0.39 is 0 Å². The number of anilines is 1. The summed E-state index contributed by atoms with van der Waals surface area (Å²) in [5, 5.41) is 3.45. The average molecular weight is 349 g/mol. The Balaban J connectivity index is 1.67. The second kappa shape index (κ2) is 7.52. The van der Waals surface area contributed by atoms with Crippen molar-refractivity contribution >= 4 is 22.5 Å². The fourth-order valence-electron chi connectivity index (χ4n) is 2.89. The Morgan fingerprint density at radius 2 is 1.88 bits per heavy atom. The molecule has 5 nitrogen and oxygen atoms in total. The molecule has 26 heavy (non-hydrogen) atoms. The van der Waals surface area contributed by atoms with E-state index in [0.717, 1.165) is 11.3 Å². The maximum Gasteiger partial charge on any atom is 0.261 e. The van der Waals surface area contributed by atoms with Crippen LogP contribution in [0.25, 0.3) is 10.9 Å². The zero-order valence-corrected chi connectivity index (χ0v) is 15.3. The van der Waals surface area contributed by atoms with Crippen molar-refractivity contribution in [3.8, 4) is 0 Å². The molecule has 1 heterocycles. The highest BCUT2D eigenvalue weighted by Gasteiger charge is 2.08. The predicted octanol–water partition coefficient (Wildman–Crippen LogP) is 3.86. The largest absolute Gasteiger partial charge is 0.326 e. The molecular formula is C21H23N3O2. The highest BCUT2D eigenvalue weighted by Crippen LogP contribution is 2.17. The number of carbonyl (C=O) groups excluding carboxylic acids is 1. The minimum atomic E-state index is -0.126. The van der Waals surface area contributed by atoms with Crippen LogP contribution in [0.2, 0.25) is 0 Å². The molecule has 134 valence electrons. The van der Waals surface area contributed by atoms with E-state index >= 15 is 0 Å². The molecule has 1 aromatic heterocycles. The highest BCUT2D eigenvalue weighted by molar-refractivity contribution is 5.90. The summed E-state index contributed by atoms with van der Waals surface area (Å²) in [6.07, 6.45) is 1.73. The SMILES string of the molecule is Cc1cccc2c(=O)n(CCC(=O)Nc3ccc(C(C)C)cc3)cnc12. The maximum atomic E-state index is 12.5. The Bertz CT molecular complexity index is 988. The van der Waals surface area contributed by atoms with E-state index in [9.17, 15) is 9.59 Å². The first kappa shape index (κ1) is 17.9. The lowest BCUT2D eigenvalue weighted by Crippen LogP contribution is -2.23. The number of benzene rings is 2. The maximum absolute atomic E-state index is 12.5. The van der Waals surface area contributed by atoms with E-state index in [4.69, 9.17) is 0 Å². The van der Waals surface area contributed by atoms with Crippen molar-refractivity contribution in [1.29, 1.82) is 0 Å². The first-order chi connectivity index (χ1) is 12.5. The van der Waals surface area contributed by atoms with Gasteiger partial charge in [0.2, 0.25) is 5.91 Å². The van der Waals surface area contributed by atoms with Crippen LogP contribution in [0.3, 0.4) is 0 Å². The van der Waals surface area contributed by atoms with Gasteiger partial charge in [-0.2, -0.15) is 0 Å². The molecule has 0 bridgehead atoms. The van der Waals surface area contributed by atoms with E-state index in [1.807, 2.05) is 43.3 Å². The van der Waals surface area contributed by atoms with Crippen LogP contribution in [-0.2, 0) is 11.3 Å². The van der Waals surface area contributed by atoms with E-state index in [2.05, 4.69) is 24.1 Å². The smallest absolute Gasteiger partial charge is 0.261 e. The van der Waals surface area contributed by atoms with Crippen molar-refractivity contribution < 1.29 is 4.79 Å². The molecule has 5 heteroatoms. The van der Waals surface area contributed by atoms with Crippen molar-refractivity contribution in [2.24, 2.45) is 0 Å². The highest BCUT2D eigenvalue weighted by atomic mass is 16.1. The summed E-state index contributed by atoms with van der Waals surface area (Å²) in [5.74, 6) is 0.328. The molecule has 3 rings (SSSR count). The second-order valence-electron chi connectivity index (χ2n) is 6.79. The summed E-state index contributed by atoms with van der Waals surface area (Å²) in [4.78, 5) is 29.1. The lowest BCUT2D eigenvalue weighted by molar-refractivity contribution is -0.116. The van der Waals surface area contributed by atoms with Gasteiger partial charge in [-0.3, -0.25) is 14.2 Å². The Labute approximate surface area is 152 Å². The third-order valence-corrected chi connectivity index (χ3v) is 4.50. The van der Waals surface area contributed by atoms with E-state index in [-0.39, 0.29) is 17.9 Å². The summed E-state index contributed by atoms with van der Waals surface area (Å²) in [5.41, 5.74) is 3.55. The number of aryl methyl sites for hydroxylation is 2. The number of carbonyl (C=O) groups is 1. The molecule has 0 unspecified atom stereocenters. The quantitative estimate of drug-likeness (QED) is 0.761. The van der Waals surface area contributed by atoms with Crippen molar-refractivity contribution in [3.05, 3.63) is 70.3 Å². The van der Waals surface area contributed by atoms with Crippen molar-refractivity contribution in [2.75, 3.05) is 5.32 Å². The van der Waals surface area contributed by atoms with Gasteiger partial charge >= 0.3 is 0 Å². The molecule has 0 aliphatic carbocycles. The number of rotatable bonds is 5. The number of aromatic nitrogens is 2. The molecule has 0 fully saturated rings. The molecule has 0 aliphatic rings. The van der Waals surface area contributed by atoms with Gasteiger partial charge in [-0.05, 0) is 42.2 Å². The van der Waals surface area contributed by atoms with Gasteiger partial charge in [0.05, 0.1) is 17.2 Å². The van der Waals surface area contributed by atoms with Crippen LogP contribution in [0, 0.1) is 6.92 Å². The fraction of sp³-hybridized carbons (Fsp3) is 0.286. The summed E-state index contributed by atoms with van der Waals surface area (Å²) in [6, 6.07) is 13.4. The van der Waals surface area contributed by atoms with Gasteiger partial charge in [0, 0.05) is 18.7 Å². The molecule has 2 aromatic carbocycles. The standard InChI is InChI=1S/C21H23N3O2/c1-14(2)16-7-9-17(10-8-16)23-19(25)11-12-24-13-22-20-15(3)5-4-6-18(20)21(24)26/h4-10,13-14H,11-12H2,1-3H3,(H,23,25). The number of para-hydroxylation sites is 1. The van der Waals surface area contributed by atoms with Gasteiger partial charge in [0.15, 0.2) is 0 Å². The third-order valence-electron chi connectivity index (χ3n) is 4.50. The molecule has 0 spiro atoms. The molecule has 0 saturated heterocycles. The van der Waals surface area contributed by atoms with Crippen LogP contribution < -0.4 is 10.9 Å². The van der Waals surface area contributed by atoms with Crippen LogP contribution in [0.15, 0.2) is 53.6 Å². The van der Waals surface area contributed by atoms with Crippen molar-refractivity contribution in [3.63, 3.8) is 0 Å². The predicted molar refractivity (Wildman–Crippen MR) is 105 cm³/mol. The minimum absolute atomic E-state index is 0.118. The Hall–Kier alpha value is -2.95. The molecule has 1 N–H and O–H groups in total. The number of fused-ring (bicyclic) bond motifs is 1. The monoisotopic (exact) mass is 349 g/mol. The minimum Gasteiger partial charge on any atom is -0.326 e. The van der Waals surface area contributed by atoms with Gasteiger partial charge in [-0.25, -0.2) is 4.98 Å². The van der Waals surface area contributed by atoms with Gasteiger partial charge in [-0.1, -0.05) is 38.1 Å². The van der Waals surface area contributed by atoms with E-state index in [1.54, 1.807) is 6.07 Å². The molecular weight excluding hydrogens is 326 g/mol. The molecule has 0 radical (unpaired) electrons. The Kier molecular flexibility index (Phi) is 5.16. The number of amides is 1. The van der Waals surface area contributed by atoms with E-state index in [0.29, 0.717) is 23.4 Å². The molecule has 0 aliphatic heterocycles. The van der Waals surface area contributed by atoms with Gasteiger partial charge < -0.3 is 5.32 Å². The first-order valence-electron chi connectivity index (χ1n) is 8.80. The van der Waals surface area contributed by atoms with Crippen molar-refractivity contribution in [1.82, 2.24) is 9.55 Å². The summed E-state index contributed by atoms with van der Waals surface area (Å²) in [6.45, 7) is 6.48. The summed E-state index contributed by atoms with van der Waals surface area (Å²) >= 11 is 0. The fourth-order valence-corrected chi connectivity index (χ4v) is 2.89. The molecule has 0 saturated carbocycles. The number of nitrogens with zero attached hydrogens (tertiary/aromatic N) is 2. The second-order valence-corrected chi connectivity index (χ2v) is 6.79. The third kappa shape index (κ3) is 3.82. The topological polar surface area (TPSA) is 64.0 Å². The lowest BCUT2D eigenvalue weighted by Gasteiger charge is -2.10. The normalized spacial score (nSPS) is 11.1. The van der Waals surface area contributed by atoms with Crippen LogP contribution >= 0.6 is 0 Å². The Morgan fingerprint density at radius 1 is 1.15 bits per heavy atom. The zero-order chi connectivity index (χ0) is 18.7. The first-order valence-corrected chi connectivity index (χ1v) is 8.80. The number of hydrogen-bond acceptors (Lipinski definition) is 3. The number of nitrogens with one attached hydrogen (secondary N) is 1. The summed E-state index contributed by atoms with van der Waals surface area (Å²) < 4.78 is 1.49. The van der Waals surface area contributed by atoms with Gasteiger partial charge in [0.25, 0.3) is 5.56 Å². The van der Waals surface area contributed by atoms with Gasteiger partial charge in [0.1, 0.15) is 0 Å². The van der Waals surface area contributed by atoms with E-state index in [1.165, 1.54) is 16.5 Å².